The highest BCUT2D eigenvalue weighted by Crippen LogP contribution is 2.28. The number of fused-ring (bicyclic) bond motifs is 2. The van der Waals surface area contributed by atoms with Crippen LogP contribution in [-0.4, -0.2) is 26.1 Å². The lowest BCUT2D eigenvalue weighted by atomic mass is 10.0. The van der Waals surface area contributed by atoms with Gasteiger partial charge in [0.05, 0.1) is 11.9 Å². The molecule has 1 aliphatic rings. The van der Waals surface area contributed by atoms with Crippen LogP contribution in [0.3, 0.4) is 0 Å². The first-order valence-electron chi connectivity index (χ1n) is 10.1. The summed E-state index contributed by atoms with van der Waals surface area (Å²) in [5.74, 6) is 0.511. The highest BCUT2D eigenvalue weighted by molar-refractivity contribution is 5.64. The molecule has 4 aromatic rings. The topological polar surface area (TPSA) is 75.4 Å². The normalized spacial score (nSPS) is 13.3. The standard InChI is InChI=1S/C23H21FN6O/c1-14-10-21-25-8-6-22(31)30(21)28-23(14)29-9-7-20-16(13-29)11-17(12-26-20)27-19-5-3-4-18(24)15(19)2/h3-6,8,10-12,27H,7,9,13H2,1-2H3. The zero-order chi connectivity index (χ0) is 21.5. The summed E-state index contributed by atoms with van der Waals surface area (Å²) in [7, 11) is 0. The number of aromatic nitrogens is 4. The van der Waals surface area contributed by atoms with Gasteiger partial charge in [-0.15, -0.1) is 5.10 Å². The first-order chi connectivity index (χ1) is 15.0. The fourth-order valence-electron chi connectivity index (χ4n) is 3.93. The minimum atomic E-state index is -0.246. The Hall–Kier alpha value is -3.81. The van der Waals surface area contributed by atoms with Crippen molar-refractivity contribution in [3.05, 3.63) is 87.3 Å². The van der Waals surface area contributed by atoms with Crippen molar-refractivity contribution in [2.45, 2.75) is 26.8 Å². The van der Waals surface area contributed by atoms with Gasteiger partial charge in [0.1, 0.15) is 5.82 Å². The van der Waals surface area contributed by atoms with E-state index in [0.717, 1.165) is 41.3 Å². The Morgan fingerprint density at radius 1 is 1.13 bits per heavy atom. The molecule has 31 heavy (non-hydrogen) atoms. The summed E-state index contributed by atoms with van der Waals surface area (Å²) >= 11 is 0. The number of benzene rings is 1. The lowest BCUT2D eigenvalue weighted by molar-refractivity contribution is 0.619. The van der Waals surface area contributed by atoms with Crippen molar-refractivity contribution in [3.63, 3.8) is 0 Å². The maximum Gasteiger partial charge on any atom is 0.274 e. The van der Waals surface area contributed by atoms with Gasteiger partial charge in [-0.2, -0.15) is 4.52 Å². The number of hydrogen-bond donors (Lipinski definition) is 1. The predicted octanol–water partition coefficient (Wildman–Crippen LogP) is 3.55. The lowest BCUT2D eigenvalue weighted by Crippen LogP contribution is -2.33. The Bertz CT molecular complexity index is 1370. The number of pyridine rings is 1. The van der Waals surface area contributed by atoms with E-state index in [1.807, 2.05) is 25.1 Å². The molecule has 1 N–H and O–H groups in total. The molecule has 0 aliphatic carbocycles. The van der Waals surface area contributed by atoms with Gasteiger partial charge >= 0.3 is 0 Å². The summed E-state index contributed by atoms with van der Waals surface area (Å²) < 4.78 is 15.2. The molecule has 0 unspecified atom stereocenters. The fourth-order valence-corrected chi connectivity index (χ4v) is 3.93. The molecule has 0 radical (unpaired) electrons. The zero-order valence-corrected chi connectivity index (χ0v) is 17.3. The van der Waals surface area contributed by atoms with E-state index >= 15 is 0 Å². The zero-order valence-electron chi connectivity index (χ0n) is 17.3. The first-order valence-corrected chi connectivity index (χ1v) is 10.1. The number of aryl methyl sites for hydroxylation is 1. The van der Waals surface area contributed by atoms with E-state index in [4.69, 9.17) is 0 Å². The van der Waals surface area contributed by atoms with Crippen LogP contribution in [0.4, 0.5) is 21.6 Å². The molecule has 4 heterocycles. The number of nitrogens with one attached hydrogen (secondary N) is 1. The SMILES string of the molecule is Cc1cc2nccc(=O)n2nc1N1CCc2ncc(Nc3cccc(F)c3C)cc2C1. The molecule has 0 amide bonds. The molecule has 1 aromatic carbocycles. The van der Waals surface area contributed by atoms with Gasteiger partial charge in [0.15, 0.2) is 11.5 Å². The molecule has 0 saturated heterocycles. The van der Waals surface area contributed by atoms with Crippen LogP contribution in [0.15, 0.2) is 53.6 Å². The Morgan fingerprint density at radius 2 is 2.00 bits per heavy atom. The molecule has 8 heteroatoms. The highest BCUT2D eigenvalue weighted by atomic mass is 19.1. The molecule has 156 valence electrons. The van der Waals surface area contributed by atoms with Crippen molar-refractivity contribution >= 4 is 22.8 Å². The second-order valence-corrected chi connectivity index (χ2v) is 7.74. The van der Waals surface area contributed by atoms with E-state index < -0.39 is 0 Å². The summed E-state index contributed by atoms with van der Waals surface area (Å²) in [6, 6.07) is 10.3. The van der Waals surface area contributed by atoms with Crippen molar-refractivity contribution < 1.29 is 4.39 Å². The minimum Gasteiger partial charge on any atom is -0.354 e. The van der Waals surface area contributed by atoms with Crippen LogP contribution >= 0.6 is 0 Å². The van der Waals surface area contributed by atoms with Gasteiger partial charge in [-0.05, 0) is 49.2 Å². The first kappa shape index (κ1) is 19.2. The van der Waals surface area contributed by atoms with E-state index in [9.17, 15) is 9.18 Å². The molecule has 0 saturated carbocycles. The molecular formula is C23H21FN6O. The lowest BCUT2D eigenvalue weighted by Gasteiger charge is -2.30. The maximum absolute atomic E-state index is 13.9. The van der Waals surface area contributed by atoms with Crippen molar-refractivity contribution in [2.75, 3.05) is 16.8 Å². The molecule has 0 atom stereocenters. The number of anilines is 3. The number of hydrogen-bond acceptors (Lipinski definition) is 6. The van der Waals surface area contributed by atoms with Crippen LogP contribution in [0, 0.1) is 19.7 Å². The molecule has 0 fully saturated rings. The van der Waals surface area contributed by atoms with Gasteiger partial charge in [0.2, 0.25) is 0 Å². The van der Waals surface area contributed by atoms with Crippen molar-refractivity contribution in [1.29, 1.82) is 0 Å². The molecule has 1 aliphatic heterocycles. The van der Waals surface area contributed by atoms with E-state index in [-0.39, 0.29) is 11.4 Å². The predicted molar refractivity (Wildman–Crippen MR) is 117 cm³/mol. The third-order valence-electron chi connectivity index (χ3n) is 5.63. The Labute approximate surface area is 178 Å². The van der Waals surface area contributed by atoms with E-state index in [2.05, 4.69) is 25.3 Å². The average Bonchev–Trinajstić information content (AvgIpc) is 2.76. The average molecular weight is 416 g/mol. The van der Waals surface area contributed by atoms with Gasteiger partial charge < -0.3 is 10.2 Å². The fraction of sp³-hybridized carbons (Fsp3) is 0.217. The van der Waals surface area contributed by atoms with Gasteiger partial charge in [0, 0.05) is 48.7 Å². The number of nitrogens with zero attached hydrogens (tertiary/aromatic N) is 5. The summed E-state index contributed by atoms with van der Waals surface area (Å²) in [6.45, 7) is 5.09. The molecule has 5 rings (SSSR count). The largest absolute Gasteiger partial charge is 0.354 e. The molecule has 3 aromatic heterocycles. The second-order valence-electron chi connectivity index (χ2n) is 7.74. The van der Waals surface area contributed by atoms with Crippen molar-refractivity contribution in [2.24, 2.45) is 0 Å². The summed E-state index contributed by atoms with van der Waals surface area (Å²) in [5.41, 5.74) is 5.48. The van der Waals surface area contributed by atoms with Crippen LogP contribution < -0.4 is 15.8 Å². The summed E-state index contributed by atoms with van der Waals surface area (Å²) in [6.07, 6.45) is 4.05. The third-order valence-corrected chi connectivity index (χ3v) is 5.63. The van der Waals surface area contributed by atoms with Crippen molar-refractivity contribution in [1.82, 2.24) is 19.6 Å². The van der Waals surface area contributed by atoms with Crippen LogP contribution in [-0.2, 0) is 13.0 Å². The number of rotatable bonds is 3. The van der Waals surface area contributed by atoms with E-state index in [1.54, 1.807) is 19.2 Å². The van der Waals surface area contributed by atoms with Gasteiger partial charge in [-0.3, -0.25) is 9.78 Å². The van der Waals surface area contributed by atoms with E-state index in [0.29, 0.717) is 23.4 Å². The van der Waals surface area contributed by atoms with Gasteiger partial charge in [-0.1, -0.05) is 6.07 Å². The van der Waals surface area contributed by atoms with Crippen LogP contribution in [0.5, 0.6) is 0 Å². The Kier molecular flexibility index (Phi) is 4.62. The second kappa shape index (κ2) is 7.46. The van der Waals surface area contributed by atoms with Crippen LogP contribution in [0.25, 0.3) is 5.65 Å². The van der Waals surface area contributed by atoms with Gasteiger partial charge in [-0.25, -0.2) is 9.37 Å². The smallest absolute Gasteiger partial charge is 0.274 e. The Morgan fingerprint density at radius 3 is 2.87 bits per heavy atom. The summed E-state index contributed by atoms with van der Waals surface area (Å²) in [5, 5.41) is 7.84. The Balaban J connectivity index is 1.46. The number of halogens is 1. The van der Waals surface area contributed by atoms with Crippen LogP contribution in [0.2, 0.25) is 0 Å². The molecule has 0 spiro atoms. The third kappa shape index (κ3) is 3.50. The molecule has 7 nitrogen and oxygen atoms in total. The van der Waals surface area contributed by atoms with Gasteiger partial charge in [0.25, 0.3) is 5.56 Å². The molecular weight excluding hydrogens is 395 g/mol. The van der Waals surface area contributed by atoms with E-state index in [1.165, 1.54) is 22.8 Å². The minimum absolute atomic E-state index is 0.206. The summed E-state index contributed by atoms with van der Waals surface area (Å²) in [4.78, 5) is 23.2. The maximum atomic E-state index is 13.9. The van der Waals surface area contributed by atoms with Crippen molar-refractivity contribution in [3.8, 4) is 0 Å². The van der Waals surface area contributed by atoms with Crippen LogP contribution in [0.1, 0.15) is 22.4 Å². The highest BCUT2D eigenvalue weighted by Gasteiger charge is 2.21. The quantitative estimate of drug-likeness (QED) is 0.551. The monoisotopic (exact) mass is 416 g/mol. The molecule has 0 bridgehead atoms.